The Kier molecular flexibility index (Phi) is 5.30. The molecular formula is C11H17NO4S2. The van der Waals surface area contributed by atoms with Crippen molar-refractivity contribution < 1.29 is 17.7 Å². The number of phenols is 1. The summed E-state index contributed by atoms with van der Waals surface area (Å²) in [5.74, 6) is 0.351. The van der Waals surface area contributed by atoms with E-state index >= 15 is 0 Å². The van der Waals surface area contributed by atoms with Crippen LogP contribution < -0.4 is 4.72 Å². The van der Waals surface area contributed by atoms with Gasteiger partial charge in [-0.05, 0) is 31.5 Å². The second-order valence-corrected chi connectivity index (χ2v) is 7.35. The number of aromatic hydroxyl groups is 1. The summed E-state index contributed by atoms with van der Waals surface area (Å²) in [5, 5.41) is 9.25. The van der Waals surface area contributed by atoms with Gasteiger partial charge < -0.3 is 5.11 Å². The lowest BCUT2D eigenvalue weighted by Crippen LogP contribution is -2.33. The molecule has 0 heterocycles. The van der Waals surface area contributed by atoms with Gasteiger partial charge in [0.25, 0.3) is 0 Å². The Morgan fingerprint density at radius 3 is 2.67 bits per heavy atom. The first kappa shape index (κ1) is 15.1. The molecule has 0 bridgehead atoms. The molecule has 7 heteroatoms. The van der Waals surface area contributed by atoms with Gasteiger partial charge in [0, 0.05) is 28.9 Å². The van der Waals surface area contributed by atoms with Gasteiger partial charge in [0.1, 0.15) is 5.75 Å². The normalized spacial score (nSPS) is 15.2. The molecular weight excluding hydrogens is 274 g/mol. The summed E-state index contributed by atoms with van der Waals surface area (Å²) in [7, 11) is -4.58. The molecule has 0 aliphatic rings. The molecule has 0 radical (unpaired) electrons. The quantitative estimate of drug-likeness (QED) is 0.813. The first-order valence-electron chi connectivity index (χ1n) is 5.42. The minimum absolute atomic E-state index is 0.0203. The molecule has 2 unspecified atom stereocenters. The lowest BCUT2D eigenvalue weighted by molar-refractivity contribution is 0.472. The van der Waals surface area contributed by atoms with Crippen LogP contribution in [-0.4, -0.2) is 35.8 Å². The van der Waals surface area contributed by atoms with Gasteiger partial charge in [0.2, 0.25) is 10.0 Å². The average Bonchev–Trinajstić information content (AvgIpc) is 2.26. The number of benzene rings is 1. The summed E-state index contributed by atoms with van der Waals surface area (Å²) < 4.78 is 37.3. The molecule has 0 fully saturated rings. The highest BCUT2D eigenvalue weighted by molar-refractivity contribution is 7.89. The van der Waals surface area contributed by atoms with Gasteiger partial charge in [0.05, 0.1) is 4.90 Å². The third kappa shape index (κ3) is 4.75. The molecule has 5 nitrogen and oxygen atoms in total. The summed E-state index contributed by atoms with van der Waals surface area (Å²) in [6.07, 6.45) is 2.08. The van der Waals surface area contributed by atoms with Crippen LogP contribution in [0.25, 0.3) is 0 Å². The van der Waals surface area contributed by atoms with Crippen LogP contribution in [0.2, 0.25) is 0 Å². The van der Waals surface area contributed by atoms with Crippen LogP contribution >= 0.6 is 0 Å². The topological polar surface area (TPSA) is 83.5 Å². The summed E-state index contributed by atoms with van der Waals surface area (Å²) in [4.78, 5) is 0.0203. The Morgan fingerprint density at radius 1 is 1.44 bits per heavy atom. The largest absolute Gasteiger partial charge is 0.508 e. The van der Waals surface area contributed by atoms with Crippen molar-refractivity contribution in [3.63, 3.8) is 0 Å². The number of hydrogen-bond donors (Lipinski definition) is 2. The second-order valence-electron chi connectivity index (χ2n) is 4.09. The van der Waals surface area contributed by atoms with Crippen molar-refractivity contribution in [3.05, 3.63) is 24.3 Å². The van der Waals surface area contributed by atoms with Crippen molar-refractivity contribution in [3.8, 4) is 5.75 Å². The standard InChI is InChI=1S/C11H17NO4S2/c1-9(6-7-17(2)14)12-18(15,16)11-5-3-4-10(13)8-11/h3-5,8-9,12-13H,6-7H2,1-2H3. The Balaban J connectivity index is 2.73. The number of nitrogens with one attached hydrogen (secondary N) is 1. The van der Waals surface area contributed by atoms with E-state index in [4.69, 9.17) is 0 Å². The van der Waals surface area contributed by atoms with Crippen LogP contribution in [0.4, 0.5) is 0 Å². The third-order valence-corrected chi connectivity index (χ3v) is 4.72. The van der Waals surface area contributed by atoms with Crippen molar-refractivity contribution >= 4 is 20.8 Å². The molecule has 2 atom stereocenters. The van der Waals surface area contributed by atoms with Crippen LogP contribution in [0.5, 0.6) is 5.75 Å². The molecule has 102 valence electrons. The molecule has 0 amide bonds. The number of sulfonamides is 1. The molecule has 0 aromatic heterocycles. The minimum Gasteiger partial charge on any atom is -0.508 e. The average molecular weight is 291 g/mol. The molecule has 0 saturated heterocycles. The Labute approximate surface area is 110 Å². The Bertz CT molecular complexity index is 528. The van der Waals surface area contributed by atoms with E-state index in [9.17, 15) is 17.7 Å². The summed E-state index contributed by atoms with van der Waals surface area (Å²) in [6.45, 7) is 1.72. The van der Waals surface area contributed by atoms with Gasteiger partial charge in [0.15, 0.2) is 0 Å². The molecule has 1 rings (SSSR count). The van der Waals surface area contributed by atoms with Crippen LogP contribution in [0.15, 0.2) is 29.2 Å². The van der Waals surface area contributed by atoms with Crippen molar-refractivity contribution in [1.82, 2.24) is 4.72 Å². The molecule has 0 aliphatic heterocycles. The predicted octanol–water partition coefficient (Wildman–Crippen LogP) is 0.828. The SMILES string of the molecule is CC(CCS(C)=O)NS(=O)(=O)c1cccc(O)c1. The highest BCUT2D eigenvalue weighted by Crippen LogP contribution is 2.16. The van der Waals surface area contributed by atoms with Gasteiger partial charge in [-0.25, -0.2) is 13.1 Å². The Morgan fingerprint density at radius 2 is 2.11 bits per heavy atom. The molecule has 0 saturated carbocycles. The molecule has 18 heavy (non-hydrogen) atoms. The smallest absolute Gasteiger partial charge is 0.240 e. The molecule has 1 aromatic rings. The van der Waals surface area contributed by atoms with Crippen LogP contribution in [0.1, 0.15) is 13.3 Å². The van der Waals surface area contributed by atoms with Gasteiger partial charge >= 0.3 is 0 Å². The molecule has 0 aliphatic carbocycles. The third-order valence-electron chi connectivity index (χ3n) is 2.32. The van der Waals surface area contributed by atoms with Crippen molar-refractivity contribution in [1.29, 1.82) is 0 Å². The molecule has 0 spiro atoms. The van der Waals surface area contributed by atoms with Crippen LogP contribution in [0, 0.1) is 0 Å². The van der Waals surface area contributed by atoms with E-state index in [0.29, 0.717) is 12.2 Å². The monoisotopic (exact) mass is 291 g/mol. The van der Waals surface area contributed by atoms with Gasteiger partial charge in [-0.2, -0.15) is 0 Å². The number of phenolic OH excluding ortho intramolecular Hbond substituents is 1. The van der Waals surface area contributed by atoms with Crippen molar-refractivity contribution in [2.75, 3.05) is 12.0 Å². The Hall–Kier alpha value is -0.920. The summed E-state index contributed by atoms with van der Waals surface area (Å²) in [5.41, 5.74) is 0. The van der Waals surface area contributed by atoms with Gasteiger partial charge in [-0.1, -0.05) is 6.07 Å². The van der Waals surface area contributed by atoms with Crippen molar-refractivity contribution in [2.45, 2.75) is 24.3 Å². The highest BCUT2D eigenvalue weighted by Gasteiger charge is 2.17. The maximum absolute atomic E-state index is 11.9. The highest BCUT2D eigenvalue weighted by atomic mass is 32.2. The minimum atomic E-state index is -3.64. The molecule has 1 aromatic carbocycles. The van der Waals surface area contributed by atoms with E-state index in [1.165, 1.54) is 24.3 Å². The van der Waals surface area contributed by atoms with E-state index in [-0.39, 0.29) is 16.7 Å². The van der Waals surface area contributed by atoms with E-state index < -0.39 is 20.8 Å². The zero-order chi connectivity index (χ0) is 13.8. The van der Waals surface area contributed by atoms with Gasteiger partial charge in [-0.15, -0.1) is 0 Å². The van der Waals surface area contributed by atoms with Crippen LogP contribution in [0.3, 0.4) is 0 Å². The summed E-state index contributed by atoms with van der Waals surface area (Å²) >= 11 is 0. The zero-order valence-electron chi connectivity index (χ0n) is 10.3. The maximum atomic E-state index is 11.9. The lowest BCUT2D eigenvalue weighted by atomic mass is 10.3. The van der Waals surface area contributed by atoms with E-state index in [1.54, 1.807) is 13.2 Å². The number of rotatable bonds is 6. The fourth-order valence-electron chi connectivity index (χ4n) is 1.39. The van der Waals surface area contributed by atoms with Gasteiger partial charge in [-0.3, -0.25) is 4.21 Å². The second kappa shape index (κ2) is 6.31. The summed E-state index contributed by atoms with van der Waals surface area (Å²) in [6, 6.07) is 5.17. The van der Waals surface area contributed by atoms with E-state index in [0.717, 1.165) is 0 Å². The van der Waals surface area contributed by atoms with E-state index in [1.807, 2.05) is 0 Å². The lowest BCUT2D eigenvalue weighted by Gasteiger charge is -2.13. The fourth-order valence-corrected chi connectivity index (χ4v) is 3.39. The first-order valence-corrected chi connectivity index (χ1v) is 8.63. The van der Waals surface area contributed by atoms with Crippen LogP contribution in [-0.2, 0) is 20.8 Å². The first-order chi connectivity index (χ1) is 8.31. The van der Waals surface area contributed by atoms with Crippen molar-refractivity contribution in [2.24, 2.45) is 0 Å². The zero-order valence-corrected chi connectivity index (χ0v) is 11.9. The van der Waals surface area contributed by atoms with E-state index in [2.05, 4.69) is 4.72 Å². The fraction of sp³-hybridized carbons (Fsp3) is 0.455. The maximum Gasteiger partial charge on any atom is 0.240 e. The predicted molar refractivity (Wildman–Crippen MR) is 71.4 cm³/mol. The molecule has 2 N–H and O–H groups in total. The number of hydrogen-bond acceptors (Lipinski definition) is 4.